The van der Waals surface area contributed by atoms with Crippen LogP contribution in [-0.2, 0) is 11.2 Å². The van der Waals surface area contributed by atoms with Crippen LogP contribution in [0.25, 0.3) is 0 Å². The summed E-state index contributed by atoms with van der Waals surface area (Å²) in [5, 5.41) is 2.82. The van der Waals surface area contributed by atoms with Crippen molar-refractivity contribution in [1.29, 1.82) is 0 Å². The molecule has 98 valence electrons. The number of aromatic nitrogens is 1. The Bertz CT molecular complexity index is 541. The first-order valence-electron chi connectivity index (χ1n) is 6.11. The molecule has 0 aliphatic carbocycles. The molecule has 1 aromatic heterocycles. The van der Waals surface area contributed by atoms with Crippen LogP contribution in [0, 0.1) is 0 Å². The van der Waals surface area contributed by atoms with Gasteiger partial charge in [-0.3, -0.25) is 9.78 Å². The van der Waals surface area contributed by atoms with Gasteiger partial charge in [-0.2, -0.15) is 0 Å². The van der Waals surface area contributed by atoms with Crippen molar-refractivity contribution in [2.24, 2.45) is 0 Å². The monoisotopic (exact) mass is 256 g/mol. The first-order chi connectivity index (χ1) is 9.29. The topological polar surface area (TPSA) is 51.2 Å². The van der Waals surface area contributed by atoms with Crippen LogP contribution >= 0.6 is 0 Å². The smallest absolute Gasteiger partial charge is 0.224 e. The summed E-state index contributed by atoms with van der Waals surface area (Å²) in [7, 11) is 1.63. The molecule has 4 heteroatoms. The number of aryl methyl sites for hydroxylation is 1. The Morgan fingerprint density at radius 3 is 2.53 bits per heavy atom. The van der Waals surface area contributed by atoms with Crippen LogP contribution < -0.4 is 10.1 Å². The second-order valence-corrected chi connectivity index (χ2v) is 4.09. The van der Waals surface area contributed by atoms with Crippen LogP contribution in [0.1, 0.15) is 12.0 Å². The number of hydrogen-bond donors (Lipinski definition) is 1. The summed E-state index contributed by atoms with van der Waals surface area (Å²) < 4.78 is 4.87. The molecule has 0 fully saturated rings. The molecule has 1 aliphatic rings. The van der Waals surface area contributed by atoms with Gasteiger partial charge in [0, 0.05) is 24.5 Å². The standard InChI is InChI=1S/C9H9NO.C6H7NO/c11-9-6-5-7-3-1-2-4-8(7)10-9;1-8-6-2-4-7-5-3-6/h1-4H,5-6H2,(H,10,11);2-5H,1H3. The largest absolute Gasteiger partial charge is 0.497 e. The van der Waals surface area contributed by atoms with Crippen molar-refractivity contribution in [3.05, 3.63) is 54.4 Å². The van der Waals surface area contributed by atoms with Gasteiger partial charge in [0.25, 0.3) is 0 Å². The van der Waals surface area contributed by atoms with Crippen molar-refractivity contribution in [3.63, 3.8) is 0 Å². The fourth-order valence-electron chi connectivity index (χ4n) is 1.80. The van der Waals surface area contributed by atoms with Gasteiger partial charge in [-0.1, -0.05) is 18.2 Å². The Balaban J connectivity index is 0.000000148. The van der Waals surface area contributed by atoms with Gasteiger partial charge in [0.15, 0.2) is 0 Å². The van der Waals surface area contributed by atoms with E-state index in [1.807, 2.05) is 18.2 Å². The molecule has 1 N–H and O–H groups in total. The fraction of sp³-hybridized carbons (Fsp3) is 0.200. The molecule has 2 heterocycles. The molecule has 4 nitrogen and oxygen atoms in total. The van der Waals surface area contributed by atoms with Gasteiger partial charge in [-0.15, -0.1) is 0 Å². The number of hydrogen-bond acceptors (Lipinski definition) is 3. The van der Waals surface area contributed by atoms with Gasteiger partial charge in [0.05, 0.1) is 7.11 Å². The number of amides is 1. The third-order valence-electron chi connectivity index (χ3n) is 2.80. The van der Waals surface area contributed by atoms with E-state index in [4.69, 9.17) is 4.74 Å². The van der Waals surface area contributed by atoms with Gasteiger partial charge in [0.1, 0.15) is 5.75 Å². The summed E-state index contributed by atoms with van der Waals surface area (Å²) in [6.07, 6.45) is 4.89. The normalized spacial score (nSPS) is 12.6. The number of para-hydroxylation sites is 1. The Hall–Kier alpha value is -2.36. The Morgan fingerprint density at radius 2 is 1.84 bits per heavy atom. The number of rotatable bonds is 1. The molecular weight excluding hydrogens is 240 g/mol. The van der Waals surface area contributed by atoms with Crippen LogP contribution in [0.2, 0.25) is 0 Å². The first-order valence-corrected chi connectivity index (χ1v) is 6.11. The number of ether oxygens (including phenoxy) is 1. The maximum atomic E-state index is 10.9. The molecule has 1 aliphatic heterocycles. The lowest BCUT2D eigenvalue weighted by molar-refractivity contribution is -0.116. The third kappa shape index (κ3) is 3.81. The number of nitrogens with one attached hydrogen (secondary N) is 1. The molecule has 0 saturated carbocycles. The average Bonchev–Trinajstić information content (AvgIpc) is 2.48. The molecule has 1 amide bonds. The van der Waals surface area contributed by atoms with Crippen molar-refractivity contribution in [3.8, 4) is 5.75 Å². The highest BCUT2D eigenvalue weighted by molar-refractivity contribution is 5.93. The predicted octanol–water partition coefficient (Wildman–Crippen LogP) is 2.66. The van der Waals surface area contributed by atoms with E-state index in [1.165, 1.54) is 5.56 Å². The summed E-state index contributed by atoms with van der Waals surface area (Å²) >= 11 is 0. The summed E-state index contributed by atoms with van der Waals surface area (Å²) in [4.78, 5) is 14.7. The quantitative estimate of drug-likeness (QED) is 0.853. The van der Waals surface area contributed by atoms with E-state index in [9.17, 15) is 4.79 Å². The number of carbonyl (C=O) groups is 1. The van der Waals surface area contributed by atoms with E-state index in [0.29, 0.717) is 6.42 Å². The van der Waals surface area contributed by atoms with Gasteiger partial charge >= 0.3 is 0 Å². The van der Waals surface area contributed by atoms with Gasteiger partial charge < -0.3 is 10.1 Å². The second-order valence-electron chi connectivity index (χ2n) is 4.09. The van der Waals surface area contributed by atoms with Crippen LogP contribution in [0.15, 0.2) is 48.8 Å². The lowest BCUT2D eigenvalue weighted by Gasteiger charge is -2.15. The molecule has 0 unspecified atom stereocenters. The second kappa shape index (κ2) is 6.54. The minimum atomic E-state index is 0.128. The van der Waals surface area contributed by atoms with Crippen molar-refractivity contribution < 1.29 is 9.53 Å². The molecule has 3 rings (SSSR count). The van der Waals surface area contributed by atoms with E-state index in [1.54, 1.807) is 31.6 Å². The number of anilines is 1. The summed E-state index contributed by atoms with van der Waals surface area (Å²) in [6.45, 7) is 0. The highest BCUT2D eigenvalue weighted by Gasteiger charge is 2.12. The maximum Gasteiger partial charge on any atom is 0.224 e. The van der Waals surface area contributed by atoms with E-state index < -0.39 is 0 Å². The van der Waals surface area contributed by atoms with E-state index in [-0.39, 0.29) is 5.91 Å². The number of nitrogens with zero attached hydrogens (tertiary/aromatic N) is 1. The Morgan fingerprint density at radius 1 is 1.11 bits per heavy atom. The zero-order chi connectivity index (χ0) is 13.5. The maximum absolute atomic E-state index is 10.9. The minimum Gasteiger partial charge on any atom is -0.497 e. The lowest BCUT2D eigenvalue weighted by Crippen LogP contribution is -2.18. The van der Waals surface area contributed by atoms with Gasteiger partial charge in [0.2, 0.25) is 5.91 Å². The zero-order valence-corrected chi connectivity index (χ0v) is 10.8. The summed E-state index contributed by atoms with van der Waals surface area (Å²) in [5.74, 6) is 0.976. The highest BCUT2D eigenvalue weighted by Crippen LogP contribution is 2.20. The van der Waals surface area contributed by atoms with E-state index in [2.05, 4.69) is 16.4 Å². The SMILES string of the molecule is COc1ccncc1.O=C1CCc2ccccc2N1. The lowest BCUT2D eigenvalue weighted by atomic mass is 10.0. The van der Waals surface area contributed by atoms with Crippen LogP contribution in [-0.4, -0.2) is 18.0 Å². The van der Waals surface area contributed by atoms with Crippen LogP contribution in [0.4, 0.5) is 5.69 Å². The highest BCUT2D eigenvalue weighted by atomic mass is 16.5. The number of methoxy groups -OCH3 is 1. The molecule has 2 aromatic rings. The van der Waals surface area contributed by atoms with Crippen molar-refractivity contribution in [2.75, 3.05) is 12.4 Å². The molecule has 19 heavy (non-hydrogen) atoms. The van der Waals surface area contributed by atoms with Crippen LogP contribution in [0.3, 0.4) is 0 Å². The third-order valence-corrected chi connectivity index (χ3v) is 2.80. The van der Waals surface area contributed by atoms with Crippen LogP contribution in [0.5, 0.6) is 5.75 Å². The molecule has 0 bridgehead atoms. The van der Waals surface area contributed by atoms with Gasteiger partial charge in [-0.05, 0) is 30.2 Å². The van der Waals surface area contributed by atoms with Crippen molar-refractivity contribution in [1.82, 2.24) is 4.98 Å². The molecule has 0 radical (unpaired) electrons. The first kappa shape index (κ1) is 13.1. The zero-order valence-electron chi connectivity index (χ0n) is 10.8. The summed E-state index contributed by atoms with van der Waals surface area (Å²) in [6, 6.07) is 11.5. The number of pyridine rings is 1. The average molecular weight is 256 g/mol. The Labute approximate surface area is 112 Å². The van der Waals surface area contributed by atoms with Gasteiger partial charge in [-0.25, -0.2) is 0 Å². The molecule has 0 spiro atoms. The minimum absolute atomic E-state index is 0.128. The van der Waals surface area contributed by atoms with E-state index in [0.717, 1.165) is 17.9 Å². The van der Waals surface area contributed by atoms with E-state index >= 15 is 0 Å². The number of fused-ring (bicyclic) bond motifs is 1. The van der Waals surface area contributed by atoms with Crippen molar-refractivity contribution in [2.45, 2.75) is 12.8 Å². The molecule has 0 atom stereocenters. The molecular formula is C15H16N2O2. The number of benzene rings is 1. The predicted molar refractivity (Wildman–Crippen MR) is 74.2 cm³/mol. The summed E-state index contributed by atoms with van der Waals surface area (Å²) in [5.41, 5.74) is 2.22. The number of carbonyl (C=O) groups excluding carboxylic acids is 1. The molecule has 1 aromatic carbocycles. The fourth-order valence-corrected chi connectivity index (χ4v) is 1.80. The molecule has 0 saturated heterocycles. The van der Waals surface area contributed by atoms with Crippen molar-refractivity contribution >= 4 is 11.6 Å². The Kier molecular flexibility index (Phi) is 4.50.